The van der Waals surface area contributed by atoms with Crippen molar-refractivity contribution in [3.8, 4) is 0 Å². The van der Waals surface area contributed by atoms with E-state index in [9.17, 15) is 0 Å². The van der Waals surface area contributed by atoms with Crippen LogP contribution in [0.4, 0.5) is 0 Å². The molecule has 19 heavy (non-hydrogen) atoms. The normalized spacial score (nSPS) is 24.4. The molecule has 2 unspecified atom stereocenters. The molecule has 1 aliphatic rings. The molecule has 0 radical (unpaired) electrons. The molecule has 2 nitrogen and oxygen atoms in total. The number of aromatic nitrogens is 2. The van der Waals surface area contributed by atoms with Crippen LogP contribution in [0.5, 0.6) is 0 Å². The molecule has 0 saturated heterocycles. The molecule has 0 amide bonds. The highest BCUT2D eigenvalue weighted by atomic mass is 35.5. The van der Waals surface area contributed by atoms with E-state index in [4.69, 9.17) is 23.2 Å². The van der Waals surface area contributed by atoms with Crippen LogP contribution in [-0.4, -0.2) is 15.2 Å². The second-order valence-electron chi connectivity index (χ2n) is 5.56. The molecule has 2 atom stereocenters. The van der Waals surface area contributed by atoms with Crippen molar-refractivity contribution in [2.75, 3.05) is 0 Å². The van der Waals surface area contributed by atoms with Crippen molar-refractivity contribution in [2.45, 2.75) is 70.7 Å². The highest BCUT2D eigenvalue weighted by molar-refractivity contribution is 6.31. The van der Waals surface area contributed by atoms with Crippen LogP contribution in [-0.2, 0) is 19.4 Å². The largest absolute Gasteiger partial charge is 0.268 e. The highest BCUT2D eigenvalue weighted by Crippen LogP contribution is 2.32. The number of halogens is 2. The topological polar surface area (TPSA) is 17.8 Å². The van der Waals surface area contributed by atoms with Crippen molar-refractivity contribution >= 4 is 23.2 Å². The number of hydrogen-bond donors (Lipinski definition) is 0. The smallest absolute Gasteiger partial charge is 0.0849 e. The van der Waals surface area contributed by atoms with Gasteiger partial charge < -0.3 is 0 Å². The molecule has 0 spiro atoms. The van der Waals surface area contributed by atoms with Gasteiger partial charge in [-0.05, 0) is 38.5 Å². The van der Waals surface area contributed by atoms with Gasteiger partial charge in [0.1, 0.15) is 0 Å². The monoisotopic (exact) mass is 302 g/mol. The quantitative estimate of drug-likeness (QED) is 0.574. The van der Waals surface area contributed by atoms with Gasteiger partial charge in [0, 0.05) is 11.9 Å². The predicted octanol–water partition coefficient (Wildman–Crippen LogP) is 4.85. The van der Waals surface area contributed by atoms with E-state index in [1.165, 1.54) is 31.4 Å². The minimum atomic E-state index is 0.343. The van der Waals surface area contributed by atoms with Crippen molar-refractivity contribution in [1.29, 1.82) is 0 Å². The molecule has 1 aromatic heterocycles. The van der Waals surface area contributed by atoms with E-state index in [0.717, 1.165) is 36.5 Å². The Morgan fingerprint density at radius 1 is 1.26 bits per heavy atom. The Labute approximate surface area is 126 Å². The average Bonchev–Trinajstić information content (AvgIpc) is 2.57. The first-order valence-corrected chi connectivity index (χ1v) is 8.35. The van der Waals surface area contributed by atoms with Gasteiger partial charge in [0.25, 0.3) is 0 Å². The lowest BCUT2D eigenvalue weighted by Crippen LogP contribution is -2.12. The van der Waals surface area contributed by atoms with Crippen molar-refractivity contribution in [1.82, 2.24) is 9.78 Å². The summed E-state index contributed by atoms with van der Waals surface area (Å²) in [5.41, 5.74) is 2.26. The van der Waals surface area contributed by atoms with Crippen molar-refractivity contribution in [3.63, 3.8) is 0 Å². The lowest BCUT2D eigenvalue weighted by Gasteiger charge is -2.17. The van der Waals surface area contributed by atoms with E-state index in [1.54, 1.807) is 0 Å². The summed E-state index contributed by atoms with van der Waals surface area (Å²) in [6, 6.07) is 0. The van der Waals surface area contributed by atoms with Gasteiger partial charge in [-0.1, -0.05) is 37.8 Å². The van der Waals surface area contributed by atoms with Crippen molar-refractivity contribution < 1.29 is 0 Å². The summed E-state index contributed by atoms with van der Waals surface area (Å²) in [5.74, 6) is 0.661. The molecule has 4 heteroatoms. The molecule has 1 fully saturated rings. The zero-order valence-corrected chi connectivity index (χ0v) is 13.5. The molecular formula is C15H24Cl2N2. The zero-order chi connectivity index (χ0) is 13.8. The SMILES string of the molecule is CCc1nn(CC)c(CC2CCCCC(Cl)C2)c1Cl. The lowest BCUT2D eigenvalue weighted by atomic mass is 9.94. The maximum atomic E-state index is 6.49. The van der Waals surface area contributed by atoms with Crippen LogP contribution in [0.15, 0.2) is 0 Å². The summed E-state index contributed by atoms with van der Waals surface area (Å²) in [5, 5.41) is 5.84. The standard InChI is InChI=1S/C15H24Cl2N2/c1-3-13-15(17)14(19(4-2)18-13)10-11-7-5-6-8-12(16)9-11/h11-12H,3-10H2,1-2H3. The van der Waals surface area contributed by atoms with E-state index in [-0.39, 0.29) is 0 Å². The van der Waals surface area contributed by atoms with Crippen molar-refractivity contribution in [2.24, 2.45) is 5.92 Å². The van der Waals surface area contributed by atoms with E-state index in [0.29, 0.717) is 11.3 Å². The van der Waals surface area contributed by atoms with Crippen LogP contribution < -0.4 is 0 Å². The van der Waals surface area contributed by atoms with E-state index < -0.39 is 0 Å². The first-order valence-electron chi connectivity index (χ1n) is 7.53. The summed E-state index contributed by atoms with van der Waals surface area (Å²) >= 11 is 12.9. The van der Waals surface area contributed by atoms with Crippen LogP contribution >= 0.6 is 23.2 Å². The van der Waals surface area contributed by atoms with Gasteiger partial charge in [0.2, 0.25) is 0 Å². The van der Waals surface area contributed by atoms with E-state index in [2.05, 4.69) is 23.6 Å². The second kappa shape index (κ2) is 6.99. The third-order valence-corrected chi connectivity index (χ3v) is 4.98. The number of aryl methyl sites for hydroxylation is 2. The van der Waals surface area contributed by atoms with E-state index >= 15 is 0 Å². The van der Waals surface area contributed by atoms with Crippen LogP contribution in [0.3, 0.4) is 0 Å². The van der Waals surface area contributed by atoms with Crippen molar-refractivity contribution in [3.05, 3.63) is 16.4 Å². The molecule has 0 aliphatic heterocycles. The van der Waals surface area contributed by atoms with Gasteiger partial charge in [-0.3, -0.25) is 4.68 Å². The first kappa shape index (κ1) is 15.2. The molecule has 0 N–H and O–H groups in total. The summed E-state index contributed by atoms with van der Waals surface area (Å²) in [6.45, 7) is 5.13. The van der Waals surface area contributed by atoms with Crippen LogP contribution in [0.2, 0.25) is 5.02 Å². The predicted molar refractivity (Wildman–Crippen MR) is 82.2 cm³/mol. The Bertz CT molecular complexity index is 415. The fraction of sp³-hybridized carbons (Fsp3) is 0.800. The molecule has 0 aromatic carbocycles. The number of alkyl halides is 1. The zero-order valence-electron chi connectivity index (χ0n) is 12.0. The van der Waals surface area contributed by atoms with Gasteiger partial charge in [-0.25, -0.2) is 0 Å². The Morgan fingerprint density at radius 3 is 2.68 bits per heavy atom. The summed E-state index contributed by atoms with van der Waals surface area (Å²) in [7, 11) is 0. The highest BCUT2D eigenvalue weighted by Gasteiger charge is 2.23. The number of nitrogens with zero attached hydrogens (tertiary/aromatic N) is 2. The Hall–Kier alpha value is -0.210. The maximum Gasteiger partial charge on any atom is 0.0849 e. The lowest BCUT2D eigenvalue weighted by molar-refractivity contribution is 0.441. The van der Waals surface area contributed by atoms with Gasteiger partial charge in [-0.2, -0.15) is 5.10 Å². The van der Waals surface area contributed by atoms with Gasteiger partial charge in [-0.15, -0.1) is 11.6 Å². The first-order chi connectivity index (χ1) is 9.15. The van der Waals surface area contributed by atoms with Gasteiger partial charge >= 0.3 is 0 Å². The Balaban J connectivity index is 2.15. The number of hydrogen-bond acceptors (Lipinski definition) is 1. The maximum absolute atomic E-state index is 6.49. The summed E-state index contributed by atoms with van der Waals surface area (Å²) in [6.07, 6.45) is 8.06. The molecular weight excluding hydrogens is 279 g/mol. The molecule has 2 rings (SSSR count). The summed E-state index contributed by atoms with van der Waals surface area (Å²) < 4.78 is 2.08. The third kappa shape index (κ3) is 3.66. The minimum absolute atomic E-state index is 0.343. The van der Waals surface area contributed by atoms with Crippen LogP contribution in [0, 0.1) is 5.92 Å². The van der Waals surface area contributed by atoms with E-state index in [1.807, 2.05) is 0 Å². The Kier molecular flexibility index (Phi) is 5.58. The fourth-order valence-electron chi connectivity index (χ4n) is 3.07. The summed E-state index contributed by atoms with van der Waals surface area (Å²) in [4.78, 5) is 0. The second-order valence-corrected chi connectivity index (χ2v) is 6.56. The molecule has 0 bridgehead atoms. The minimum Gasteiger partial charge on any atom is -0.268 e. The average molecular weight is 303 g/mol. The molecule has 108 valence electrons. The van der Waals surface area contributed by atoms with Crippen LogP contribution in [0.1, 0.15) is 57.3 Å². The number of rotatable bonds is 4. The van der Waals surface area contributed by atoms with Gasteiger partial charge in [0.15, 0.2) is 0 Å². The molecule has 1 saturated carbocycles. The third-order valence-electron chi connectivity index (χ3n) is 4.14. The molecule has 1 aliphatic carbocycles. The van der Waals surface area contributed by atoms with Gasteiger partial charge in [0.05, 0.1) is 16.4 Å². The molecule has 1 heterocycles. The van der Waals surface area contributed by atoms with Crippen LogP contribution in [0.25, 0.3) is 0 Å². The fourth-order valence-corrected chi connectivity index (χ4v) is 3.82. The molecule has 1 aromatic rings. The Morgan fingerprint density at radius 2 is 2.00 bits per heavy atom.